The monoisotopic (exact) mass is 763 g/mol. The Morgan fingerprint density at radius 3 is 2.12 bits per heavy atom. The van der Waals surface area contributed by atoms with Crippen LogP contribution in [-0.4, -0.2) is 131 Å². The smallest absolute Gasteiger partial charge is 0.411 e. The minimum atomic E-state index is -4.54. The summed E-state index contributed by atoms with van der Waals surface area (Å²) in [6, 6.07) is 7.84. The van der Waals surface area contributed by atoms with Crippen LogP contribution in [0.25, 0.3) is 0 Å². The Labute approximate surface area is 306 Å². The molecule has 3 aromatic rings. The van der Waals surface area contributed by atoms with Gasteiger partial charge in [-0.1, -0.05) is 11.6 Å². The van der Waals surface area contributed by atoms with Crippen LogP contribution in [0.5, 0.6) is 5.88 Å². The molecule has 52 heavy (non-hydrogen) atoms. The molecule has 0 radical (unpaired) electrons. The maximum Gasteiger partial charge on any atom is 0.411 e. The Bertz CT molecular complexity index is 1870. The molecule has 0 saturated carbocycles. The summed E-state index contributed by atoms with van der Waals surface area (Å²) >= 11 is 6.42. The summed E-state index contributed by atoms with van der Waals surface area (Å²) in [5, 5.41) is 14.7. The Balaban J connectivity index is 0.000000687. The number of aryl methyl sites for hydroxylation is 1. The molecule has 0 bridgehead atoms. The number of carbonyl (C=O) groups excluding carboxylic acids is 2. The third kappa shape index (κ3) is 8.63. The quantitative estimate of drug-likeness (QED) is 0.370. The molecule has 19 heteroatoms. The average Bonchev–Trinajstić information content (AvgIpc) is 3.64. The van der Waals surface area contributed by atoms with E-state index in [4.69, 9.17) is 40.9 Å². The topological polar surface area (TPSA) is 205 Å². The molecule has 2 aromatic heterocycles. The maximum absolute atomic E-state index is 14.7. The van der Waals surface area contributed by atoms with Crippen LogP contribution in [-0.2, 0) is 41.8 Å². The molecule has 282 valence electrons. The van der Waals surface area contributed by atoms with Crippen molar-refractivity contribution in [2.45, 2.75) is 43.4 Å². The summed E-state index contributed by atoms with van der Waals surface area (Å²) in [7, 11) is 0.558. The number of benzene rings is 1. The van der Waals surface area contributed by atoms with Crippen molar-refractivity contribution in [1.29, 1.82) is 0 Å². The van der Waals surface area contributed by atoms with E-state index in [0.717, 1.165) is 39.8 Å². The van der Waals surface area contributed by atoms with Crippen LogP contribution < -0.4 is 9.04 Å². The van der Waals surface area contributed by atoms with Crippen LogP contribution in [0.2, 0.25) is 5.02 Å². The van der Waals surface area contributed by atoms with Gasteiger partial charge in [0, 0.05) is 76.1 Å². The molecule has 3 aliphatic rings. The Hall–Kier alpha value is -4.78. The van der Waals surface area contributed by atoms with Gasteiger partial charge in [-0.3, -0.25) is 19.3 Å². The third-order valence-electron chi connectivity index (χ3n) is 8.59. The van der Waals surface area contributed by atoms with Crippen molar-refractivity contribution in [2.24, 2.45) is 7.05 Å². The van der Waals surface area contributed by atoms with Gasteiger partial charge in [-0.05, 0) is 63.3 Å². The number of pyridine rings is 1. The van der Waals surface area contributed by atoms with Gasteiger partial charge >= 0.3 is 6.09 Å². The largest absolute Gasteiger partial charge is 0.481 e. The zero-order chi connectivity index (χ0) is 38.4. The van der Waals surface area contributed by atoms with E-state index in [1.54, 1.807) is 18.0 Å². The van der Waals surface area contributed by atoms with E-state index in [-0.39, 0.29) is 32.7 Å². The van der Waals surface area contributed by atoms with E-state index >= 15 is 0 Å². The SMILES string of the molecule is CC(=O)O.CC(=O)O.COc1ncccc1C1(OC(=O)N2CCN(C3CCN(C)CC3)CC2)C(=O)N(S(=O)(=O)c2cn(C)cn2)c2ccc(Cl)cc21. The first-order valence-corrected chi connectivity index (χ1v) is 18.0. The number of fused-ring (bicyclic) bond motifs is 1. The number of rotatable bonds is 6. The lowest BCUT2D eigenvalue weighted by atomic mass is 9.87. The number of aromatic nitrogens is 3. The van der Waals surface area contributed by atoms with Crippen LogP contribution in [0.1, 0.15) is 37.8 Å². The van der Waals surface area contributed by atoms with E-state index in [0.29, 0.717) is 36.5 Å². The zero-order valence-corrected chi connectivity index (χ0v) is 31.0. The number of imidazole rings is 1. The first-order valence-electron chi connectivity index (χ1n) is 16.2. The molecule has 5 heterocycles. The average molecular weight is 764 g/mol. The van der Waals surface area contributed by atoms with Gasteiger partial charge in [-0.25, -0.2) is 14.8 Å². The Kier molecular flexibility index (Phi) is 12.8. The molecule has 2 fully saturated rings. The number of ether oxygens (including phenoxy) is 2. The van der Waals surface area contributed by atoms with E-state index in [1.807, 2.05) is 0 Å². The second kappa shape index (κ2) is 16.7. The summed E-state index contributed by atoms with van der Waals surface area (Å²) in [5.74, 6) is -2.71. The van der Waals surface area contributed by atoms with Gasteiger partial charge < -0.3 is 34.1 Å². The Morgan fingerprint density at radius 2 is 1.56 bits per heavy atom. The fraction of sp³-hybridized carbons (Fsp3) is 0.455. The number of carboxylic acid groups (broad SMARTS) is 2. The molecule has 1 atom stereocenters. The second-order valence-corrected chi connectivity index (χ2v) is 14.5. The van der Waals surface area contributed by atoms with Crippen molar-refractivity contribution in [2.75, 3.05) is 57.7 Å². The van der Waals surface area contributed by atoms with Crippen LogP contribution >= 0.6 is 11.6 Å². The molecule has 6 rings (SSSR count). The predicted molar refractivity (Wildman–Crippen MR) is 188 cm³/mol. The highest BCUT2D eigenvalue weighted by molar-refractivity contribution is 7.93. The molecular formula is C33H42ClN7O10S. The predicted octanol–water partition coefficient (Wildman–Crippen LogP) is 2.49. The summed E-state index contributed by atoms with van der Waals surface area (Å²) < 4.78 is 41.7. The molecule has 0 aliphatic carbocycles. The lowest BCUT2D eigenvalue weighted by Gasteiger charge is -2.42. The number of sulfonamides is 1. The molecule has 2 N–H and O–H groups in total. The van der Waals surface area contributed by atoms with Crippen LogP contribution in [0.4, 0.5) is 10.5 Å². The van der Waals surface area contributed by atoms with Crippen molar-refractivity contribution in [3.63, 3.8) is 0 Å². The number of aliphatic carboxylic acids is 2. The number of amides is 2. The van der Waals surface area contributed by atoms with Gasteiger partial charge in [-0.15, -0.1) is 0 Å². The van der Waals surface area contributed by atoms with Crippen molar-refractivity contribution in [3.05, 3.63) is 65.2 Å². The van der Waals surface area contributed by atoms with Gasteiger partial charge in [0.05, 0.1) is 24.7 Å². The lowest BCUT2D eigenvalue weighted by molar-refractivity contribution is -0.135. The number of carboxylic acids is 2. The number of nitrogens with zero attached hydrogens (tertiary/aromatic N) is 7. The molecule has 17 nitrogen and oxygen atoms in total. The number of halogens is 1. The van der Waals surface area contributed by atoms with E-state index in [1.165, 1.54) is 54.7 Å². The standard InChI is InChI=1S/C29H34ClN7O6S.2C2H4O2/c1-33-11-8-21(9-12-33)35-13-15-36(16-14-35)28(39)43-29(22-5-4-10-31-26(22)42-3)23-17-20(30)6-7-24(23)37(27(29)38)44(40,41)25-18-34(2)19-32-25;2*1-2(3)4/h4-7,10,17-19,21H,8-9,11-16H2,1-3H3;2*1H3,(H,3,4). The van der Waals surface area contributed by atoms with Crippen LogP contribution in [0, 0.1) is 0 Å². The highest BCUT2D eigenvalue weighted by Crippen LogP contribution is 2.51. The molecular weight excluding hydrogens is 722 g/mol. The van der Waals surface area contributed by atoms with Gasteiger partial charge in [0.15, 0.2) is 5.03 Å². The van der Waals surface area contributed by atoms with Crippen molar-refractivity contribution < 1.29 is 47.3 Å². The normalized spacial score (nSPS) is 19.5. The maximum atomic E-state index is 14.7. The van der Waals surface area contributed by atoms with Crippen molar-refractivity contribution in [1.82, 2.24) is 29.2 Å². The van der Waals surface area contributed by atoms with Crippen LogP contribution in [0.3, 0.4) is 0 Å². The number of hydrogen-bond donors (Lipinski definition) is 2. The number of carbonyl (C=O) groups is 4. The number of anilines is 1. The fourth-order valence-electron chi connectivity index (χ4n) is 6.25. The highest BCUT2D eigenvalue weighted by Gasteiger charge is 2.61. The molecule has 0 spiro atoms. The minimum Gasteiger partial charge on any atom is -0.481 e. The van der Waals surface area contributed by atoms with Gasteiger partial charge in [0.25, 0.3) is 33.5 Å². The fourth-order valence-corrected chi connectivity index (χ4v) is 7.85. The number of hydrogen-bond acceptors (Lipinski definition) is 12. The third-order valence-corrected chi connectivity index (χ3v) is 10.4. The number of piperidine rings is 1. The summed E-state index contributed by atoms with van der Waals surface area (Å²) in [6.45, 7) is 6.32. The zero-order valence-electron chi connectivity index (χ0n) is 29.4. The second-order valence-electron chi connectivity index (χ2n) is 12.3. The molecule has 2 saturated heterocycles. The molecule has 2 amide bonds. The summed E-state index contributed by atoms with van der Waals surface area (Å²) in [5.41, 5.74) is -2.16. The summed E-state index contributed by atoms with van der Waals surface area (Å²) in [4.78, 5) is 61.1. The number of likely N-dealkylation sites (tertiary alicyclic amines) is 1. The number of piperazine rings is 1. The molecule has 1 unspecified atom stereocenters. The minimum absolute atomic E-state index is 0.0104. The lowest BCUT2D eigenvalue weighted by Crippen LogP contribution is -2.55. The molecule has 3 aliphatic heterocycles. The van der Waals surface area contributed by atoms with E-state index < -0.39 is 39.6 Å². The van der Waals surface area contributed by atoms with Gasteiger partial charge in [0.2, 0.25) is 5.88 Å². The van der Waals surface area contributed by atoms with Crippen molar-refractivity contribution in [3.8, 4) is 5.88 Å². The van der Waals surface area contributed by atoms with E-state index in [2.05, 4.69) is 26.8 Å². The van der Waals surface area contributed by atoms with Crippen molar-refractivity contribution >= 4 is 51.3 Å². The van der Waals surface area contributed by atoms with E-state index in [9.17, 15) is 18.0 Å². The first kappa shape index (κ1) is 40.0. The van der Waals surface area contributed by atoms with Crippen LogP contribution in [0.15, 0.2) is 54.1 Å². The molecule has 1 aromatic carbocycles. The number of methoxy groups -OCH3 is 1. The van der Waals surface area contributed by atoms with Gasteiger partial charge in [-0.2, -0.15) is 12.7 Å². The van der Waals surface area contributed by atoms with Gasteiger partial charge in [0.1, 0.15) is 0 Å². The first-order chi connectivity index (χ1) is 24.5. The Morgan fingerprint density at radius 1 is 0.942 bits per heavy atom. The summed E-state index contributed by atoms with van der Waals surface area (Å²) in [6.07, 6.45) is 5.43. The highest BCUT2D eigenvalue weighted by atomic mass is 35.5.